The fourth-order valence-corrected chi connectivity index (χ4v) is 3.98. The lowest BCUT2D eigenvalue weighted by atomic mass is 10.2. The lowest BCUT2D eigenvalue weighted by Gasteiger charge is -2.15. The maximum absolute atomic E-state index is 12.3. The summed E-state index contributed by atoms with van der Waals surface area (Å²) in [6, 6.07) is 4.80. The minimum atomic E-state index is -3.55. The molecule has 0 spiro atoms. The molecule has 0 bridgehead atoms. The van der Waals surface area contributed by atoms with Crippen molar-refractivity contribution < 1.29 is 13.2 Å². The lowest BCUT2D eigenvalue weighted by Crippen LogP contribution is -2.38. The van der Waals surface area contributed by atoms with E-state index in [0.717, 1.165) is 24.1 Å². The molecular formula is C15H22ClN3O3S. The van der Waals surface area contributed by atoms with Crippen molar-refractivity contribution in [3.63, 3.8) is 0 Å². The Morgan fingerprint density at radius 2 is 2.13 bits per heavy atom. The number of sulfonamides is 1. The van der Waals surface area contributed by atoms with E-state index in [1.54, 1.807) is 23.1 Å². The molecule has 3 rings (SSSR count). The van der Waals surface area contributed by atoms with Gasteiger partial charge >= 0.3 is 0 Å². The third kappa shape index (κ3) is 3.85. The summed E-state index contributed by atoms with van der Waals surface area (Å²) in [6.45, 7) is 2.39. The first-order valence-corrected chi connectivity index (χ1v) is 9.03. The van der Waals surface area contributed by atoms with Crippen LogP contribution in [0.25, 0.3) is 0 Å². The van der Waals surface area contributed by atoms with Crippen molar-refractivity contribution in [2.75, 3.05) is 18.0 Å². The SMILES string of the molecule is CC(=O)N1CCc2cc(S(=O)(=O)NCC(N)C3CC3)ccc21.Cl. The monoisotopic (exact) mass is 359 g/mol. The molecule has 1 heterocycles. The van der Waals surface area contributed by atoms with Crippen molar-refractivity contribution in [1.82, 2.24) is 4.72 Å². The van der Waals surface area contributed by atoms with E-state index in [4.69, 9.17) is 5.73 Å². The number of carbonyl (C=O) groups is 1. The maximum atomic E-state index is 12.3. The van der Waals surface area contributed by atoms with Crippen molar-refractivity contribution in [2.45, 2.75) is 37.1 Å². The van der Waals surface area contributed by atoms with E-state index in [1.165, 1.54) is 6.92 Å². The van der Waals surface area contributed by atoms with Gasteiger partial charge in [0.25, 0.3) is 0 Å². The van der Waals surface area contributed by atoms with E-state index < -0.39 is 10.0 Å². The number of fused-ring (bicyclic) bond motifs is 1. The van der Waals surface area contributed by atoms with Gasteiger partial charge in [0, 0.05) is 31.7 Å². The molecule has 0 radical (unpaired) electrons. The summed E-state index contributed by atoms with van der Waals surface area (Å²) in [5.74, 6) is 0.426. The fourth-order valence-electron chi connectivity index (χ4n) is 2.85. The summed E-state index contributed by atoms with van der Waals surface area (Å²) in [7, 11) is -3.55. The Morgan fingerprint density at radius 1 is 1.43 bits per heavy atom. The van der Waals surface area contributed by atoms with Crippen LogP contribution < -0.4 is 15.4 Å². The second-order valence-electron chi connectivity index (χ2n) is 6.06. The highest BCUT2D eigenvalue weighted by atomic mass is 35.5. The molecule has 1 amide bonds. The maximum Gasteiger partial charge on any atom is 0.240 e. The number of anilines is 1. The van der Waals surface area contributed by atoms with Gasteiger partial charge in [0.2, 0.25) is 15.9 Å². The Bertz CT molecular complexity index is 704. The second kappa shape index (κ2) is 6.76. The number of nitrogens with zero attached hydrogens (tertiary/aromatic N) is 1. The van der Waals surface area contributed by atoms with Gasteiger partial charge in [-0.1, -0.05) is 0 Å². The van der Waals surface area contributed by atoms with E-state index in [9.17, 15) is 13.2 Å². The zero-order chi connectivity index (χ0) is 15.9. The minimum absolute atomic E-state index is 0. The van der Waals surface area contributed by atoms with E-state index in [1.807, 2.05) is 0 Å². The van der Waals surface area contributed by atoms with Gasteiger partial charge < -0.3 is 10.6 Å². The van der Waals surface area contributed by atoms with Crippen molar-refractivity contribution in [2.24, 2.45) is 11.7 Å². The van der Waals surface area contributed by atoms with Crippen molar-refractivity contribution in [3.8, 4) is 0 Å². The van der Waals surface area contributed by atoms with Crippen molar-refractivity contribution in [1.29, 1.82) is 0 Å². The molecule has 1 aromatic rings. The molecule has 8 heteroatoms. The molecule has 128 valence electrons. The predicted molar refractivity (Wildman–Crippen MR) is 91.3 cm³/mol. The molecule has 6 nitrogen and oxygen atoms in total. The number of nitrogens with one attached hydrogen (secondary N) is 1. The normalized spacial score (nSPS) is 18.3. The quantitative estimate of drug-likeness (QED) is 0.821. The van der Waals surface area contributed by atoms with Crippen LogP contribution in [0.4, 0.5) is 5.69 Å². The fraction of sp³-hybridized carbons (Fsp3) is 0.533. The summed E-state index contributed by atoms with van der Waals surface area (Å²) in [4.78, 5) is 13.4. The highest BCUT2D eigenvalue weighted by Gasteiger charge is 2.30. The van der Waals surface area contributed by atoms with Crippen molar-refractivity contribution in [3.05, 3.63) is 23.8 Å². The summed E-state index contributed by atoms with van der Waals surface area (Å²) in [5, 5.41) is 0. The smallest absolute Gasteiger partial charge is 0.240 e. The third-order valence-electron chi connectivity index (χ3n) is 4.37. The number of halogens is 1. The Kier molecular flexibility index (Phi) is 5.35. The van der Waals surface area contributed by atoms with E-state index in [-0.39, 0.29) is 35.8 Å². The van der Waals surface area contributed by atoms with Crippen LogP contribution in [0.1, 0.15) is 25.3 Å². The number of amides is 1. The zero-order valence-corrected chi connectivity index (χ0v) is 14.6. The summed E-state index contributed by atoms with van der Waals surface area (Å²) >= 11 is 0. The van der Waals surface area contributed by atoms with Crippen LogP contribution in [-0.2, 0) is 21.2 Å². The van der Waals surface area contributed by atoms with Crippen LogP contribution in [-0.4, -0.2) is 33.5 Å². The van der Waals surface area contributed by atoms with E-state index >= 15 is 0 Å². The van der Waals surface area contributed by atoms with Gasteiger partial charge in [-0.25, -0.2) is 13.1 Å². The Hall–Kier alpha value is -1.15. The molecule has 1 saturated carbocycles. The first-order valence-electron chi connectivity index (χ1n) is 7.55. The average molecular weight is 360 g/mol. The summed E-state index contributed by atoms with van der Waals surface area (Å²) < 4.78 is 27.3. The molecule has 3 N–H and O–H groups in total. The average Bonchev–Trinajstić information content (AvgIpc) is 3.23. The van der Waals surface area contributed by atoms with Crippen LogP contribution in [0.2, 0.25) is 0 Å². The number of hydrogen-bond acceptors (Lipinski definition) is 4. The predicted octanol–water partition coefficient (Wildman–Crippen LogP) is 1.03. The zero-order valence-electron chi connectivity index (χ0n) is 13.0. The van der Waals surface area contributed by atoms with Crippen LogP contribution in [0, 0.1) is 5.92 Å². The molecular weight excluding hydrogens is 338 g/mol. The van der Waals surface area contributed by atoms with E-state index in [2.05, 4.69) is 4.72 Å². The summed E-state index contributed by atoms with van der Waals surface area (Å²) in [6.07, 6.45) is 2.85. The molecule has 1 aliphatic heterocycles. The van der Waals surface area contributed by atoms with Crippen molar-refractivity contribution >= 4 is 34.0 Å². The topological polar surface area (TPSA) is 92.5 Å². The summed E-state index contributed by atoms with van der Waals surface area (Å²) in [5.41, 5.74) is 7.63. The van der Waals surface area contributed by atoms with Crippen LogP contribution in [0.5, 0.6) is 0 Å². The first kappa shape index (κ1) is 18.2. The van der Waals surface area contributed by atoms with Gasteiger partial charge in [-0.2, -0.15) is 0 Å². The van der Waals surface area contributed by atoms with E-state index in [0.29, 0.717) is 18.9 Å². The van der Waals surface area contributed by atoms with Crippen LogP contribution in [0.15, 0.2) is 23.1 Å². The van der Waals surface area contributed by atoms with Gasteiger partial charge in [-0.3, -0.25) is 4.79 Å². The molecule has 2 aliphatic rings. The van der Waals surface area contributed by atoms with Gasteiger partial charge in [0.15, 0.2) is 0 Å². The Morgan fingerprint density at radius 3 is 2.74 bits per heavy atom. The van der Waals surface area contributed by atoms with Crippen LogP contribution >= 0.6 is 12.4 Å². The second-order valence-corrected chi connectivity index (χ2v) is 7.83. The molecule has 1 unspecified atom stereocenters. The number of carbonyl (C=O) groups excluding carboxylic acids is 1. The number of rotatable bonds is 5. The van der Waals surface area contributed by atoms with Gasteiger partial charge in [0.05, 0.1) is 4.90 Å². The molecule has 0 saturated heterocycles. The number of benzene rings is 1. The Labute approximate surface area is 142 Å². The highest BCUT2D eigenvalue weighted by Crippen LogP contribution is 2.32. The van der Waals surface area contributed by atoms with Gasteiger partial charge in [0.1, 0.15) is 0 Å². The first-order chi connectivity index (χ1) is 10.4. The molecule has 0 aromatic heterocycles. The third-order valence-corrected chi connectivity index (χ3v) is 5.79. The minimum Gasteiger partial charge on any atom is -0.326 e. The number of hydrogen-bond donors (Lipinski definition) is 2. The molecule has 1 aromatic carbocycles. The van der Waals surface area contributed by atoms with Gasteiger partial charge in [-0.05, 0) is 48.9 Å². The molecule has 1 fully saturated rings. The number of nitrogens with two attached hydrogens (primary N) is 1. The molecule has 1 atom stereocenters. The molecule has 23 heavy (non-hydrogen) atoms. The lowest BCUT2D eigenvalue weighted by molar-refractivity contribution is -0.116. The standard InChI is InChI=1S/C15H21N3O3S.ClH/c1-10(19)18-7-6-12-8-13(4-5-15(12)18)22(20,21)17-9-14(16)11-2-3-11;/h4-5,8,11,14,17H,2-3,6-7,9,16H2,1H3;1H. The molecule has 1 aliphatic carbocycles. The Balaban J connectivity index is 0.00000192. The van der Waals surface area contributed by atoms with Gasteiger partial charge in [-0.15, -0.1) is 12.4 Å². The largest absolute Gasteiger partial charge is 0.326 e. The highest BCUT2D eigenvalue weighted by molar-refractivity contribution is 7.89. The van der Waals surface area contributed by atoms with Crippen LogP contribution in [0.3, 0.4) is 0 Å².